The fourth-order valence-corrected chi connectivity index (χ4v) is 4.18. The highest BCUT2D eigenvalue weighted by Gasteiger charge is 2.25. The number of ether oxygens (including phenoxy) is 3. The third-order valence-electron chi connectivity index (χ3n) is 5.48. The van der Waals surface area contributed by atoms with Gasteiger partial charge < -0.3 is 19.5 Å². The maximum absolute atomic E-state index is 13.0. The minimum absolute atomic E-state index is 0.0185. The van der Waals surface area contributed by atoms with Gasteiger partial charge in [-0.3, -0.25) is 9.69 Å². The summed E-state index contributed by atoms with van der Waals surface area (Å²) in [5.74, 6) is 1.14. The van der Waals surface area contributed by atoms with Crippen LogP contribution < -0.4 is 19.5 Å². The van der Waals surface area contributed by atoms with Gasteiger partial charge in [0, 0.05) is 17.1 Å². The molecular weight excluding hydrogens is 404 g/mol. The molecule has 7 heteroatoms. The molecule has 1 saturated heterocycles. The number of hydrogen-bond donors (Lipinski definition) is 1. The van der Waals surface area contributed by atoms with E-state index in [9.17, 15) is 4.79 Å². The van der Waals surface area contributed by atoms with Crippen LogP contribution in [-0.4, -0.2) is 51.8 Å². The normalized spacial score (nSPS) is 15.3. The van der Waals surface area contributed by atoms with E-state index in [0.29, 0.717) is 29.4 Å². The van der Waals surface area contributed by atoms with Crippen molar-refractivity contribution in [1.29, 1.82) is 0 Å². The number of piperidine rings is 1. The average Bonchev–Trinajstić information content (AvgIpc) is 2.79. The molecule has 0 aliphatic carbocycles. The third-order valence-corrected chi connectivity index (χ3v) is 5.82. The van der Waals surface area contributed by atoms with E-state index in [-0.39, 0.29) is 11.9 Å². The molecule has 0 aromatic heterocycles. The maximum Gasteiger partial charge on any atom is 0.251 e. The molecule has 6 nitrogen and oxygen atoms in total. The molecule has 30 heavy (non-hydrogen) atoms. The van der Waals surface area contributed by atoms with Crippen molar-refractivity contribution in [2.24, 2.45) is 0 Å². The first-order chi connectivity index (χ1) is 14.6. The van der Waals surface area contributed by atoms with Gasteiger partial charge in [0.1, 0.15) is 0 Å². The van der Waals surface area contributed by atoms with Crippen LogP contribution in [0.2, 0.25) is 5.02 Å². The zero-order chi connectivity index (χ0) is 21.5. The summed E-state index contributed by atoms with van der Waals surface area (Å²) in [4.78, 5) is 15.4. The van der Waals surface area contributed by atoms with E-state index in [2.05, 4.69) is 10.2 Å². The molecule has 1 aliphatic heterocycles. The SMILES string of the molecule is COc1cc(C(=O)NC[C@@H](c2ccccc2Cl)N2CCCCC2)cc(OC)c1OC. The highest BCUT2D eigenvalue weighted by Crippen LogP contribution is 2.38. The first kappa shape index (κ1) is 22.2. The fraction of sp³-hybridized carbons (Fsp3) is 0.435. The van der Waals surface area contributed by atoms with Gasteiger partial charge in [-0.1, -0.05) is 36.2 Å². The lowest BCUT2D eigenvalue weighted by atomic mass is 10.0. The van der Waals surface area contributed by atoms with Crippen molar-refractivity contribution in [3.05, 3.63) is 52.5 Å². The van der Waals surface area contributed by atoms with Gasteiger partial charge in [-0.2, -0.15) is 0 Å². The van der Waals surface area contributed by atoms with Gasteiger partial charge in [0.25, 0.3) is 5.91 Å². The number of rotatable bonds is 8. The second-order valence-electron chi connectivity index (χ2n) is 7.26. The minimum atomic E-state index is -0.205. The van der Waals surface area contributed by atoms with Gasteiger partial charge in [0.05, 0.1) is 27.4 Å². The molecule has 0 bridgehead atoms. The van der Waals surface area contributed by atoms with Crippen LogP contribution in [0.25, 0.3) is 0 Å². The summed E-state index contributed by atoms with van der Waals surface area (Å²) in [6, 6.07) is 11.2. The summed E-state index contributed by atoms with van der Waals surface area (Å²) in [7, 11) is 4.60. The number of likely N-dealkylation sites (tertiary alicyclic amines) is 1. The van der Waals surface area contributed by atoms with Crippen molar-refractivity contribution in [2.45, 2.75) is 25.3 Å². The molecule has 1 aliphatic rings. The number of benzene rings is 2. The lowest BCUT2D eigenvalue weighted by Gasteiger charge is -2.35. The van der Waals surface area contributed by atoms with Crippen molar-refractivity contribution in [3.63, 3.8) is 0 Å². The van der Waals surface area contributed by atoms with E-state index >= 15 is 0 Å². The number of hydrogen-bond acceptors (Lipinski definition) is 5. The van der Waals surface area contributed by atoms with Gasteiger partial charge >= 0.3 is 0 Å². The molecule has 1 N–H and O–H groups in total. The summed E-state index contributed by atoms with van der Waals surface area (Å²) in [6.07, 6.45) is 3.55. The Bertz CT molecular complexity index is 843. The quantitative estimate of drug-likeness (QED) is 0.673. The summed E-state index contributed by atoms with van der Waals surface area (Å²) >= 11 is 6.50. The second-order valence-corrected chi connectivity index (χ2v) is 7.67. The Morgan fingerprint density at radius 2 is 1.67 bits per heavy atom. The van der Waals surface area contributed by atoms with Crippen molar-refractivity contribution in [2.75, 3.05) is 41.0 Å². The molecular formula is C23H29ClN2O4. The summed E-state index contributed by atoms with van der Waals surface area (Å²) in [5, 5.41) is 3.79. The Morgan fingerprint density at radius 3 is 2.23 bits per heavy atom. The number of carbonyl (C=O) groups is 1. The molecule has 2 aromatic rings. The minimum Gasteiger partial charge on any atom is -0.493 e. The number of halogens is 1. The highest BCUT2D eigenvalue weighted by molar-refractivity contribution is 6.31. The summed E-state index contributed by atoms with van der Waals surface area (Å²) < 4.78 is 16.1. The van der Waals surface area contributed by atoms with Gasteiger partial charge in [-0.05, 0) is 49.7 Å². The van der Waals surface area contributed by atoms with Crippen LogP contribution in [-0.2, 0) is 0 Å². The van der Waals surface area contributed by atoms with Crippen LogP contribution in [0.3, 0.4) is 0 Å². The standard InChI is InChI=1S/C23H29ClN2O4/c1-28-20-13-16(14-21(29-2)22(20)30-3)23(27)25-15-19(26-11-7-4-8-12-26)17-9-5-6-10-18(17)24/h5-6,9-10,13-14,19H,4,7-8,11-12,15H2,1-3H3,(H,25,27)/t19-/m0/s1. The number of nitrogens with zero attached hydrogens (tertiary/aromatic N) is 1. The third kappa shape index (κ3) is 4.99. The van der Waals surface area contributed by atoms with E-state index in [4.69, 9.17) is 25.8 Å². The van der Waals surface area contributed by atoms with E-state index in [1.165, 1.54) is 27.8 Å². The van der Waals surface area contributed by atoms with E-state index < -0.39 is 0 Å². The average molecular weight is 433 g/mol. The number of amides is 1. The molecule has 0 unspecified atom stereocenters. The molecule has 0 radical (unpaired) electrons. The van der Waals surface area contributed by atoms with Crippen LogP contribution in [0.15, 0.2) is 36.4 Å². The van der Waals surface area contributed by atoms with Crippen LogP contribution in [0.4, 0.5) is 0 Å². The predicted molar refractivity (Wildman–Crippen MR) is 118 cm³/mol. The van der Waals surface area contributed by atoms with Gasteiger partial charge in [-0.25, -0.2) is 0 Å². The number of carbonyl (C=O) groups excluding carboxylic acids is 1. The van der Waals surface area contributed by atoms with Crippen molar-refractivity contribution >= 4 is 17.5 Å². The van der Waals surface area contributed by atoms with E-state index in [0.717, 1.165) is 36.5 Å². The molecule has 1 amide bonds. The second kappa shape index (κ2) is 10.5. The molecule has 162 valence electrons. The summed E-state index contributed by atoms with van der Waals surface area (Å²) in [6.45, 7) is 2.45. The van der Waals surface area contributed by atoms with Crippen molar-refractivity contribution < 1.29 is 19.0 Å². The van der Waals surface area contributed by atoms with Gasteiger partial charge in [0.15, 0.2) is 11.5 Å². The first-order valence-electron chi connectivity index (χ1n) is 10.2. The zero-order valence-electron chi connectivity index (χ0n) is 17.7. The molecule has 2 aromatic carbocycles. The highest BCUT2D eigenvalue weighted by atomic mass is 35.5. The monoisotopic (exact) mass is 432 g/mol. The topological polar surface area (TPSA) is 60.0 Å². The van der Waals surface area contributed by atoms with Crippen molar-refractivity contribution in [3.8, 4) is 17.2 Å². The molecule has 1 fully saturated rings. The lowest BCUT2D eigenvalue weighted by molar-refractivity contribution is 0.0923. The number of nitrogens with one attached hydrogen (secondary N) is 1. The van der Waals surface area contributed by atoms with Crippen LogP contribution in [0.1, 0.15) is 41.2 Å². The maximum atomic E-state index is 13.0. The lowest BCUT2D eigenvalue weighted by Crippen LogP contribution is -2.40. The molecule has 1 atom stereocenters. The zero-order valence-corrected chi connectivity index (χ0v) is 18.5. The predicted octanol–water partition coefficient (Wildman–Crippen LogP) is 4.32. The van der Waals surface area contributed by atoms with Crippen LogP contribution in [0, 0.1) is 0 Å². The number of methoxy groups -OCH3 is 3. The van der Waals surface area contributed by atoms with Crippen LogP contribution >= 0.6 is 11.6 Å². The molecule has 0 saturated carbocycles. The van der Waals surface area contributed by atoms with Crippen LogP contribution in [0.5, 0.6) is 17.2 Å². The molecule has 3 rings (SSSR count). The Labute approximate surface area is 183 Å². The van der Waals surface area contributed by atoms with Gasteiger partial charge in [-0.15, -0.1) is 0 Å². The van der Waals surface area contributed by atoms with Crippen molar-refractivity contribution in [1.82, 2.24) is 10.2 Å². The fourth-order valence-electron chi connectivity index (χ4n) is 3.91. The van der Waals surface area contributed by atoms with Gasteiger partial charge in [0.2, 0.25) is 5.75 Å². The Morgan fingerprint density at radius 1 is 1.03 bits per heavy atom. The Hall–Kier alpha value is -2.44. The van der Waals surface area contributed by atoms with E-state index in [1.807, 2.05) is 24.3 Å². The Kier molecular flexibility index (Phi) is 7.82. The molecule has 1 heterocycles. The Balaban J connectivity index is 1.81. The summed E-state index contributed by atoms with van der Waals surface area (Å²) in [5.41, 5.74) is 1.48. The van der Waals surface area contributed by atoms with E-state index in [1.54, 1.807) is 12.1 Å². The smallest absolute Gasteiger partial charge is 0.251 e. The molecule has 0 spiro atoms. The largest absolute Gasteiger partial charge is 0.493 e. The first-order valence-corrected chi connectivity index (χ1v) is 10.5.